The van der Waals surface area contributed by atoms with Crippen LogP contribution in [0.15, 0.2) is 0 Å². The van der Waals surface area contributed by atoms with Crippen LogP contribution in [0.3, 0.4) is 0 Å². The Morgan fingerprint density at radius 2 is 1.55 bits per heavy atom. The van der Waals surface area contributed by atoms with Gasteiger partial charge in [0.15, 0.2) is 0 Å². The maximum atomic E-state index is 12.2. The zero-order valence-corrected chi connectivity index (χ0v) is 14.7. The van der Waals surface area contributed by atoms with Gasteiger partial charge in [-0.1, -0.05) is 32.6 Å². The molecular weight excluding hydrogens is 278 g/mol. The first-order valence-electron chi connectivity index (χ1n) is 8.63. The minimum Gasteiger partial charge on any atom is -0.352 e. The first-order valence-corrected chi connectivity index (χ1v) is 8.63. The van der Waals surface area contributed by atoms with E-state index in [9.17, 15) is 9.59 Å². The Bertz CT molecular complexity index is 355. The van der Waals surface area contributed by atoms with E-state index in [1.165, 1.54) is 25.7 Å². The molecule has 0 radical (unpaired) electrons. The van der Waals surface area contributed by atoms with Crippen molar-refractivity contribution in [2.24, 2.45) is 0 Å². The van der Waals surface area contributed by atoms with Crippen molar-refractivity contribution < 1.29 is 9.59 Å². The highest BCUT2D eigenvalue weighted by atomic mass is 16.2. The second-order valence-corrected chi connectivity index (χ2v) is 7.36. The van der Waals surface area contributed by atoms with Gasteiger partial charge in [0.05, 0.1) is 13.1 Å². The Labute approximate surface area is 135 Å². The fraction of sp³-hybridized carbons (Fsp3) is 0.882. The van der Waals surface area contributed by atoms with Crippen LogP contribution >= 0.6 is 0 Å². The third-order valence-corrected chi connectivity index (χ3v) is 3.92. The Hall–Kier alpha value is -1.10. The molecule has 2 amide bonds. The van der Waals surface area contributed by atoms with Gasteiger partial charge in [-0.05, 0) is 40.2 Å². The summed E-state index contributed by atoms with van der Waals surface area (Å²) >= 11 is 0. The first-order chi connectivity index (χ1) is 10.3. The monoisotopic (exact) mass is 311 g/mol. The second-order valence-electron chi connectivity index (χ2n) is 7.36. The molecule has 0 aromatic rings. The summed E-state index contributed by atoms with van der Waals surface area (Å²) in [6.07, 6.45) is 7.14. The van der Waals surface area contributed by atoms with Crippen LogP contribution in [0.5, 0.6) is 0 Å². The third kappa shape index (κ3) is 8.37. The van der Waals surface area contributed by atoms with Crippen molar-refractivity contribution >= 4 is 11.8 Å². The molecular formula is C17H33N3O2. The molecule has 5 nitrogen and oxygen atoms in total. The number of hydrogen-bond donors (Lipinski definition) is 2. The smallest absolute Gasteiger partial charge is 0.234 e. The molecule has 2 N–H and O–H groups in total. The highest BCUT2D eigenvalue weighted by Gasteiger charge is 2.19. The molecule has 0 aliphatic heterocycles. The van der Waals surface area contributed by atoms with Crippen molar-refractivity contribution in [1.82, 2.24) is 15.5 Å². The lowest BCUT2D eigenvalue weighted by molar-refractivity contribution is -0.126. The highest BCUT2D eigenvalue weighted by molar-refractivity contribution is 5.81. The summed E-state index contributed by atoms with van der Waals surface area (Å²) in [7, 11) is 0. The lowest BCUT2D eigenvalue weighted by Gasteiger charge is -2.25. The van der Waals surface area contributed by atoms with E-state index < -0.39 is 0 Å². The van der Waals surface area contributed by atoms with Crippen molar-refractivity contribution in [3.8, 4) is 0 Å². The predicted molar refractivity (Wildman–Crippen MR) is 89.6 cm³/mol. The van der Waals surface area contributed by atoms with E-state index in [-0.39, 0.29) is 23.9 Å². The molecule has 0 atom stereocenters. The average Bonchev–Trinajstić information content (AvgIpc) is 2.64. The van der Waals surface area contributed by atoms with Gasteiger partial charge in [0.1, 0.15) is 0 Å². The summed E-state index contributed by atoms with van der Waals surface area (Å²) < 4.78 is 0. The summed E-state index contributed by atoms with van der Waals surface area (Å²) in [5.74, 6) is 0.00826. The van der Waals surface area contributed by atoms with Gasteiger partial charge in [0.2, 0.25) is 11.8 Å². The van der Waals surface area contributed by atoms with Crippen LogP contribution in [0, 0.1) is 0 Å². The van der Waals surface area contributed by atoms with Crippen LogP contribution in [-0.2, 0) is 9.59 Å². The lowest BCUT2D eigenvalue weighted by Crippen LogP contribution is -2.48. The Morgan fingerprint density at radius 3 is 2.05 bits per heavy atom. The van der Waals surface area contributed by atoms with Gasteiger partial charge in [0, 0.05) is 11.6 Å². The van der Waals surface area contributed by atoms with Crippen LogP contribution in [0.2, 0.25) is 0 Å². The van der Waals surface area contributed by atoms with Crippen LogP contribution in [0.1, 0.15) is 66.2 Å². The fourth-order valence-electron chi connectivity index (χ4n) is 2.84. The van der Waals surface area contributed by atoms with Crippen molar-refractivity contribution in [3.05, 3.63) is 0 Å². The van der Waals surface area contributed by atoms with Crippen molar-refractivity contribution in [1.29, 1.82) is 0 Å². The standard InChI is InChI=1S/C17H33N3O2/c1-5-20(13-16(22)19-17(2,3)4)12-15(21)18-14-10-8-6-7-9-11-14/h14H,5-13H2,1-4H3,(H,18,21)(H,19,22). The predicted octanol–water partition coefficient (Wildman–Crippen LogP) is 2.06. The first kappa shape index (κ1) is 18.9. The Kier molecular flexibility index (Phi) is 7.87. The van der Waals surface area contributed by atoms with Crippen LogP contribution < -0.4 is 10.6 Å². The molecule has 0 saturated heterocycles. The molecule has 1 aliphatic rings. The lowest BCUT2D eigenvalue weighted by atomic mass is 10.1. The number of rotatable bonds is 6. The van der Waals surface area contributed by atoms with Gasteiger partial charge in [0.25, 0.3) is 0 Å². The fourth-order valence-corrected chi connectivity index (χ4v) is 2.84. The van der Waals surface area contributed by atoms with E-state index in [0.717, 1.165) is 12.8 Å². The summed E-state index contributed by atoms with van der Waals surface area (Å²) in [6, 6.07) is 0.317. The molecule has 0 aromatic heterocycles. The van der Waals surface area contributed by atoms with Crippen molar-refractivity contribution in [2.75, 3.05) is 19.6 Å². The summed E-state index contributed by atoms with van der Waals surface area (Å²) in [5.41, 5.74) is -0.237. The van der Waals surface area contributed by atoms with E-state index in [4.69, 9.17) is 0 Å². The maximum absolute atomic E-state index is 12.2. The Morgan fingerprint density at radius 1 is 1.00 bits per heavy atom. The quantitative estimate of drug-likeness (QED) is 0.738. The van der Waals surface area contributed by atoms with Crippen molar-refractivity contribution in [2.45, 2.75) is 77.8 Å². The SMILES string of the molecule is CCN(CC(=O)NC1CCCCCC1)CC(=O)NC(C)(C)C. The summed E-state index contributed by atoms with van der Waals surface area (Å²) in [6.45, 7) is 9.11. The van der Waals surface area contributed by atoms with Crippen LogP contribution in [-0.4, -0.2) is 47.9 Å². The number of nitrogens with one attached hydrogen (secondary N) is 2. The molecule has 1 fully saturated rings. The molecule has 0 bridgehead atoms. The molecule has 128 valence electrons. The van der Waals surface area contributed by atoms with E-state index in [2.05, 4.69) is 10.6 Å². The minimum atomic E-state index is -0.237. The van der Waals surface area contributed by atoms with E-state index in [1.54, 1.807) is 0 Å². The molecule has 5 heteroatoms. The number of carbonyl (C=O) groups excluding carboxylic acids is 2. The summed E-state index contributed by atoms with van der Waals surface area (Å²) in [4.78, 5) is 26.0. The molecule has 1 saturated carbocycles. The van der Waals surface area contributed by atoms with Crippen molar-refractivity contribution in [3.63, 3.8) is 0 Å². The molecule has 0 unspecified atom stereocenters. The minimum absolute atomic E-state index is 0.0309. The van der Waals surface area contributed by atoms with E-state index in [0.29, 0.717) is 19.1 Å². The van der Waals surface area contributed by atoms with Crippen LogP contribution in [0.4, 0.5) is 0 Å². The van der Waals surface area contributed by atoms with Gasteiger partial charge in [-0.2, -0.15) is 0 Å². The molecule has 22 heavy (non-hydrogen) atoms. The van der Waals surface area contributed by atoms with Gasteiger partial charge in [-0.3, -0.25) is 14.5 Å². The number of likely N-dealkylation sites (N-methyl/N-ethyl adjacent to an activating group) is 1. The number of carbonyl (C=O) groups is 2. The molecule has 1 aliphatic carbocycles. The maximum Gasteiger partial charge on any atom is 0.234 e. The number of amides is 2. The molecule has 0 heterocycles. The van der Waals surface area contributed by atoms with Crippen LogP contribution in [0.25, 0.3) is 0 Å². The average molecular weight is 311 g/mol. The largest absolute Gasteiger partial charge is 0.352 e. The zero-order valence-electron chi connectivity index (χ0n) is 14.7. The van der Waals surface area contributed by atoms with E-state index >= 15 is 0 Å². The molecule has 0 aromatic carbocycles. The number of nitrogens with zero attached hydrogens (tertiary/aromatic N) is 1. The molecule has 1 rings (SSSR count). The third-order valence-electron chi connectivity index (χ3n) is 3.92. The highest BCUT2D eigenvalue weighted by Crippen LogP contribution is 2.17. The van der Waals surface area contributed by atoms with Gasteiger partial charge in [-0.25, -0.2) is 0 Å². The van der Waals surface area contributed by atoms with Gasteiger partial charge >= 0.3 is 0 Å². The van der Waals surface area contributed by atoms with Gasteiger partial charge in [-0.15, -0.1) is 0 Å². The number of hydrogen-bond acceptors (Lipinski definition) is 3. The second kappa shape index (κ2) is 9.13. The topological polar surface area (TPSA) is 61.4 Å². The Balaban J connectivity index is 2.37. The zero-order chi connectivity index (χ0) is 16.6. The normalized spacial score (nSPS) is 17.1. The van der Waals surface area contributed by atoms with E-state index in [1.807, 2.05) is 32.6 Å². The van der Waals surface area contributed by atoms with Gasteiger partial charge < -0.3 is 10.6 Å². The summed E-state index contributed by atoms with van der Waals surface area (Å²) in [5, 5.41) is 6.07. The molecule has 0 spiro atoms.